The predicted molar refractivity (Wildman–Crippen MR) is 114 cm³/mol. The summed E-state index contributed by atoms with van der Waals surface area (Å²) in [5.41, 5.74) is 0.518. The minimum absolute atomic E-state index is 0.0187. The highest BCUT2D eigenvalue weighted by atomic mass is 16.5. The van der Waals surface area contributed by atoms with Gasteiger partial charge in [0.1, 0.15) is 11.5 Å². The minimum Gasteiger partial charge on any atom is -0.497 e. The van der Waals surface area contributed by atoms with Crippen molar-refractivity contribution in [2.45, 2.75) is 50.5 Å². The lowest BCUT2D eigenvalue weighted by Crippen LogP contribution is -2.50. The molecule has 1 saturated carbocycles. The van der Waals surface area contributed by atoms with Crippen LogP contribution in [0.2, 0.25) is 0 Å². The summed E-state index contributed by atoms with van der Waals surface area (Å²) in [6.45, 7) is 4.09. The third kappa shape index (κ3) is 5.09. The summed E-state index contributed by atoms with van der Waals surface area (Å²) in [6, 6.07) is 5.36. The first-order valence-electron chi connectivity index (χ1n) is 11.4. The van der Waals surface area contributed by atoms with Crippen molar-refractivity contribution in [3.8, 4) is 11.5 Å². The summed E-state index contributed by atoms with van der Waals surface area (Å²) in [5, 5.41) is 0. The molecule has 30 heavy (non-hydrogen) atoms. The Kier molecular flexibility index (Phi) is 6.84. The molecule has 166 valence electrons. The van der Waals surface area contributed by atoms with E-state index in [-0.39, 0.29) is 11.5 Å². The van der Waals surface area contributed by atoms with Crippen molar-refractivity contribution < 1.29 is 23.7 Å². The molecule has 1 amide bonds. The number of rotatable bonds is 8. The summed E-state index contributed by atoms with van der Waals surface area (Å²) in [4.78, 5) is 15.0. The molecule has 0 bridgehead atoms. The standard InChI is InChI=1S/C24H35NO5/c1-27-20-5-6-21(22(15-20)28-2)23(26)25-11-9-24(10-12-25)16-18(8-14-30-24)7-13-29-17-19-3-4-19/h5-6,15,18-19H,3-4,7-14,16-17H2,1-2H3. The van der Waals surface area contributed by atoms with E-state index in [4.69, 9.17) is 18.9 Å². The molecule has 4 rings (SSSR count). The summed E-state index contributed by atoms with van der Waals surface area (Å²) in [7, 11) is 3.19. The molecule has 3 fully saturated rings. The molecule has 1 aliphatic carbocycles. The number of methoxy groups -OCH3 is 2. The number of hydrogen-bond acceptors (Lipinski definition) is 5. The Balaban J connectivity index is 1.29. The molecule has 0 radical (unpaired) electrons. The molecular weight excluding hydrogens is 382 g/mol. The first-order valence-corrected chi connectivity index (χ1v) is 11.4. The van der Waals surface area contributed by atoms with Crippen LogP contribution in [-0.4, -0.2) is 63.5 Å². The number of ether oxygens (including phenoxy) is 4. The van der Waals surface area contributed by atoms with E-state index >= 15 is 0 Å². The van der Waals surface area contributed by atoms with Gasteiger partial charge in [-0.05, 0) is 68.9 Å². The largest absolute Gasteiger partial charge is 0.497 e. The van der Waals surface area contributed by atoms with E-state index < -0.39 is 0 Å². The molecule has 1 unspecified atom stereocenters. The number of likely N-dealkylation sites (tertiary alicyclic amines) is 1. The quantitative estimate of drug-likeness (QED) is 0.600. The van der Waals surface area contributed by atoms with E-state index in [1.165, 1.54) is 12.8 Å². The Hall–Kier alpha value is -1.79. The normalized spacial score (nSPS) is 23.4. The summed E-state index contributed by atoms with van der Waals surface area (Å²) >= 11 is 0. The fraction of sp³-hybridized carbons (Fsp3) is 0.708. The van der Waals surface area contributed by atoms with Gasteiger partial charge in [-0.25, -0.2) is 0 Å². The molecule has 2 heterocycles. The van der Waals surface area contributed by atoms with Crippen LogP contribution in [-0.2, 0) is 9.47 Å². The molecular formula is C24H35NO5. The second kappa shape index (κ2) is 9.56. The van der Waals surface area contributed by atoms with Gasteiger partial charge in [-0.3, -0.25) is 4.79 Å². The summed E-state index contributed by atoms with van der Waals surface area (Å²) < 4.78 is 22.8. The average Bonchev–Trinajstić information content (AvgIpc) is 3.61. The van der Waals surface area contributed by atoms with E-state index in [1.54, 1.807) is 32.4 Å². The van der Waals surface area contributed by atoms with Crippen LogP contribution in [0.1, 0.15) is 55.3 Å². The van der Waals surface area contributed by atoms with Crippen LogP contribution in [0, 0.1) is 11.8 Å². The van der Waals surface area contributed by atoms with Crippen LogP contribution in [0.3, 0.4) is 0 Å². The van der Waals surface area contributed by atoms with Crippen LogP contribution in [0.25, 0.3) is 0 Å². The van der Waals surface area contributed by atoms with Gasteiger partial charge in [-0.2, -0.15) is 0 Å². The SMILES string of the molecule is COc1ccc(C(=O)N2CCC3(CC2)CC(CCOCC2CC2)CCO3)c(OC)c1. The maximum absolute atomic E-state index is 13.1. The van der Waals surface area contributed by atoms with Crippen molar-refractivity contribution in [1.82, 2.24) is 4.90 Å². The molecule has 1 atom stereocenters. The lowest BCUT2D eigenvalue weighted by Gasteiger charge is -2.46. The Labute approximate surface area is 179 Å². The zero-order valence-corrected chi connectivity index (χ0v) is 18.4. The Morgan fingerprint density at radius 3 is 2.63 bits per heavy atom. The second-order valence-corrected chi connectivity index (χ2v) is 9.06. The van der Waals surface area contributed by atoms with Gasteiger partial charge < -0.3 is 23.8 Å². The number of benzene rings is 1. The van der Waals surface area contributed by atoms with Gasteiger partial charge >= 0.3 is 0 Å². The summed E-state index contributed by atoms with van der Waals surface area (Å²) in [5.74, 6) is 2.76. The monoisotopic (exact) mass is 417 g/mol. The number of carbonyl (C=O) groups excluding carboxylic acids is 1. The number of piperidine rings is 1. The fourth-order valence-corrected chi connectivity index (χ4v) is 4.77. The van der Waals surface area contributed by atoms with Crippen LogP contribution in [0.5, 0.6) is 11.5 Å². The number of nitrogens with zero attached hydrogens (tertiary/aromatic N) is 1. The van der Waals surface area contributed by atoms with Gasteiger partial charge in [0.05, 0.1) is 25.4 Å². The lowest BCUT2D eigenvalue weighted by molar-refractivity contribution is -0.126. The van der Waals surface area contributed by atoms with Gasteiger partial charge in [0.2, 0.25) is 0 Å². The van der Waals surface area contributed by atoms with Crippen molar-refractivity contribution in [3.63, 3.8) is 0 Å². The molecule has 2 saturated heterocycles. The lowest BCUT2D eigenvalue weighted by atomic mass is 9.78. The van der Waals surface area contributed by atoms with E-state index in [0.29, 0.717) is 23.0 Å². The smallest absolute Gasteiger partial charge is 0.257 e. The Morgan fingerprint density at radius 1 is 1.13 bits per heavy atom. The zero-order chi connectivity index (χ0) is 21.0. The van der Waals surface area contributed by atoms with Gasteiger partial charge in [0.15, 0.2) is 0 Å². The topological polar surface area (TPSA) is 57.2 Å². The highest BCUT2D eigenvalue weighted by Gasteiger charge is 2.41. The third-order valence-electron chi connectivity index (χ3n) is 6.92. The van der Waals surface area contributed by atoms with Gasteiger partial charge in [0.25, 0.3) is 5.91 Å². The molecule has 0 N–H and O–H groups in total. The van der Waals surface area contributed by atoms with Gasteiger partial charge in [-0.1, -0.05) is 0 Å². The molecule has 6 nitrogen and oxygen atoms in total. The molecule has 2 aliphatic heterocycles. The maximum Gasteiger partial charge on any atom is 0.257 e. The van der Waals surface area contributed by atoms with Gasteiger partial charge in [0, 0.05) is 39.0 Å². The molecule has 0 aromatic heterocycles. The van der Waals surface area contributed by atoms with Crippen molar-refractivity contribution in [2.75, 3.05) is 47.1 Å². The molecule has 1 aromatic rings. The Morgan fingerprint density at radius 2 is 1.93 bits per heavy atom. The average molecular weight is 418 g/mol. The van der Waals surface area contributed by atoms with E-state index in [9.17, 15) is 4.79 Å². The van der Waals surface area contributed by atoms with E-state index in [2.05, 4.69) is 0 Å². The van der Waals surface area contributed by atoms with Gasteiger partial charge in [-0.15, -0.1) is 0 Å². The number of hydrogen-bond donors (Lipinski definition) is 0. The highest BCUT2D eigenvalue weighted by molar-refractivity contribution is 5.97. The second-order valence-electron chi connectivity index (χ2n) is 9.06. The third-order valence-corrected chi connectivity index (χ3v) is 6.92. The number of carbonyl (C=O) groups is 1. The predicted octanol–water partition coefficient (Wildman–Crippen LogP) is 3.92. The minimum atomic E-state index is -0.0693. The highest BCUT2D eigenvalue weighted by Crippen LogP contribution is 2.39. The molecule has 6 heteroatoms. The van der Waals surface area contributed by atoms with Crippen molar-refractivity contribution in [1.29, 1.82) is 0 Å². The first-order chi connectivity index (χ1) is 14.6. The van der Waals surface area contributed by atoms with Crippen LogP contribution < -0.4 is 9.47 Å². The molecule has 1 spiro atoms. The zero-order valence-electron chi connectivity index (χ0n) is 18.4. The van der Waals surface area contributed by atoms with Crippen molar-refractivity contribution in [3.05, 3.63) is 23.8 Å². The van der Waals surface area contributed by atoms with Crippen LogP contribution in [0.15, 0.2) is 18.2 Å². The molecule has 3 aliphatic rings. The van der Waals surface area contributed by atoms with E-state index in [1.807, 2.05) is 4.90 Å². The maximum atomic E-state index is 13.1. The summed E-state index contributed by atoms with van der Waals surface area (Å²) in [6.07, 6.45) is 7.83. The fourth-order valence-electron chi connectivity index (χ4n) is 4.77. The Bertz CT molecular complexity index is 724. The number of amides is 1. The van der Waals surface area contributed by atoms with Crippen LogP contribution in [0.4, 0.5) is 0 Å². The molecule has 1 aromatic carbocycles. The van der Waals surface area contributed by atoms with E-state index in [0.717, 1.165) is 70.9 Å². The first kappa shape index (κ1) is 21.4. The van der Waals surface area contributed by atoms with Crippen LogP contribution >= 0.6 is 0 Å². The van der Waals surface area contributed by atoms with Crippen molar-refractivity contribution >= 4 is 5.91 Å². The van der Waals surface area contributed by atoms with Crippen molar-refractivity contribution in [2.24, 2.45) is 11.8 Å².